The number of hydrogen-bond acceptors (Lipinski definition) is 0. The summed E-state index contributed by atoms with van der Waals surface area (Å²) in [5.74, 6) is -1.22. The lowest BCUT2D eigenvalue weighted by Crippen LogP contribution is -1.76. The monoisotopic (exact) mass is 181 g/mol. The highest BCUT2D eigenvalue weighted by atomic mass is 79.9. The van der Waals surface area contributed by atoms with Gasteiger partial charge in [-0.3, -0.25) is 3.59 Å². The van der Waals surface area contributed by atoms with Crippen LogP contribution in [0.4, 0.5) is 8.78 Å². The van der Waals surface area contributed by atoms with E-state index in [-0.39, 0.29) is 0 Å². The normalized spacial score (nSPS) is 9.88. The van der Waals surface area contributed by atoms with Crippen molar-refractivity contribution in [3.63, 3.8) is 0 Å². The molecule has 0 saturated carbocycles. The fourth-order valence-corrected chi connectivity index (χ4v) is 0.681. The maximum Gasteiger partial charge on any atom is 0.206 e. The molecule has 0 bridgehead atoms. The number of aromatic nitrogens is 1. The summed E-state index contributed by atoms with van der Waals surface area (Å²) in [6, 6.07) is 0.786. The number of rotatable bonds is 0. The molecule has 0 aromatic carbocycles. The SMILES string of the molecule is Fc1cc(F)n(Br)c1. The third-order valence-electron chi connectivity index (χ3n) is 0.698. The molecule has 44 valence electrons. The van der Waals surface area contributed by atoms with Gasteiger partial charge in [0.05, 0.1) is 22.3 Å². The van der Waals surface area contributed by atoms with Crippen LogP contribution in [0.5, 0.6) is 0 Å². The van der Waals surface area contributed by atoms with E-state index in [9.17, 15) is 8.78 Å². The molecule has 0 N–H and O–H groups in total. The van der Waals surface area contributed by atoms with Crippen LogP contribution >= 0.6 is 16.1 Å². The van der Waals surface area contributed by atoms with Crippen LogP contribution in [-0.4, -0.2) is 3.59 Å². The van der Waals surface area contributed by atoms with Crippen molar-refractivity contribution in [1.82, 2.24) is 3.59 Å². The third kappa shape index (κ3) is 0.888. The first-order valence-electron chi connectivity index (χ1n) is 1.89. The predicted molar refractivity (Wildman–Crippen MR) is 28.7 cm³/mol. The van der Waals surface area contributed by atoms with Gasteiger partial charge in [-0.25, -0.2) is 4.39 Å². The molecular weight excluding hydrogens is 180 g/mol. The number of hydrogen-bond donors (Lipinski definition) is 0. The second-order valence-electron chi connectivity index (χ2n) is 1.29. The van der Waals surface area contributed by atoms with Crippen molar-refractivity contribution in [1.29, 1.82) is 0 Å². The molecule has 0 saturated heterocycles. The van der Waals surface area contributed by atoms with E-state index in [1.165, 1.54) is 0 Å². The van der Waals surface area contributed by atoms with E-state index in [0.29, 0.717) is 0 Å². The first kappa shape index (κ1) is 5.75. The van der Waals surface area contributed by atoms with Crippen molar-refractivity contribution in [2.75, 3.05) is 0 Å². The molecule has 0 aliphatic carbocycles. The van der Waals surface area contributed by atoms with Gasteiger partial charge in [0.25, 0.3) is 0 Å². The van der Waals surface area contributed by atoms with Gasteiger partial charge in [0, 0.05) is 6.07 Å². The lowest BCUT2D eigenvalue weighted by molar-refractivity contribution is 0.578. The minimum absolute atomic E-state index is 0.584. The van der Waals surface area contributed by atoms with Crippen LogP contribution in [-0.2, 0) is 0 Å². The molecule has 1 heterocycles. The zero-order valence-electron chi connectivity index (χ0n) is 3.74. The largest absolute Gasteiger partial charge is 0.257 e. The molecule has 0 unspecified atom stereocenters. The molecule has 0 radical (unpaired) electrons. The Bertz CT molecular complexity index is 176. The van der Waals surface area contributed by atoms with Crippen molar-refractivity contribution in [2.24, 2.45) is 0 Å². The van der Waals surface area contributed by atoms with Crippen molar-refractivity contribution >= 4 is 16.1 Å². The van der Waals surface area contributed by atoms with Crippen LogP contribution in [0.3, 0.4) is 0 Å². The Morgan fingerprint density at radius 2 is 2.12 bits per heavy atom. The van der Waals surface area contributed by atoms with E-state index in [1.807, 2.05) is 0 Å². The number of nitrogens with zero attached hydrogens (tertiary/aromatic N) is 1. The van der Waals surface area contributed by atoms with Gasteiger partial charge in [-0.05, 0) is 0 Å². The summed E-state index contributed by atoms with van der Waals surface area (Å²) in [5.41, 5.74) is 0. The van der Waals surface area contributed by atoms with E-state index in [0.717, 1.165) is 15.9 Å². The molecule has 1 rings (SSSR count). The van der Waals surface area contributed by atoms with Crippen LogP contribution in [0, 0.1) is 11.8 Å². The van der Waals surface area contributed by atoms with Gasteiger partial charge < -0.3 is 0 Å². The summed E-state index contributed by atoms with van der Waals surface area (Å²) in [4.78, 5) is 0. The molecule has 0 aliphatic heterocycles. The van der Waals surface area contributed by atoms with E-state index in [1.54, 1.807) is 0 Å². The van der Waals surface area contributed by atoms with Gasteiger partial charge in [-0.1, -0.05) is 0 Å². The quantitative estimate of drug-likeness (QED) is 0.577. The van der Waals surface area contributed by atoms with Crippen LogP contribution in [0.2, 0.25) is 0 Å². The Morgan fingerprint density at radius 1 is 1.50 bits per heavy atom. The Morgan fingerprint density at radius 3 is 2.25 bits per heavy atom. The Kier molecular flexibility index (Phi) is 1.33. The minimum Gasteiger partial charge on any atom is -0.257 e. The topological polar surface area (TPSA) is 4.93 Å². The van der Waals surface area contributed by atoms with Crippen molar-refractivity contribution < 1.29 is 8.78 Å². The smallest absolute Gasteiger partial charge is 0.206 e. The van der Waals surface area contributed by atoms with Crippen molar-refractivity contribution in [3.05, 3.63) is 24.0 Å². The Balaban J connectivity index is 3.14. The molecule has 1 nitrogen and oxygen atoms in total. The van der Waals surface area contributed by atoms with Gasteiger partial charge in [0.1, 0.15) is 5.82 Å². The van der Waals surface area contributed by atoms with Crippen LogP contribution < -0.4 is 0 Å². The highest BCUT2D eigenvalue weighted by Gasteiger charge is 1.99. The fraction of sp³-hybridized carbons (Fsp3) is 0. The second-order valence-corrected chi connectivity index (χ2v) is 2.06. The van der Waals surface area contributed by atoms with Gasteiger partial charge in [-0.2, -0.15) is 4.39 Å². The summed E-state index contributed by atoms with van der Waals surface area (Å²) in [7, 11) is 0. The zero-order chi connectivity index (χ0) is 6.15. The molecule has 1 aromatic heterocycles. The summed E-state index contributed by atoms with van der Waals surface area (Å²) in [6.45, 7) is 0. The van der Waals surface area contributed by atoms with Crippen molar-refractivity contribution in [2.45, 2.75) is 0 Å². The summed E-state index contributed by atoms with van der Waals surface area (Å²) in [5, 5.41) is 0. The molecule has 0 amide bonds. The zero-order valence-corrected chi connectivity index (χ0v) is 5.32. The minimum atomic E-state index is -0.637. The molecule has 0 atom stereocenters. The van der Waals surface area contributed by atoms with E-state index in [4.69, 9.17) is 0 Å². The average molecular weight is 182 g/mol. The van der Waals surface area contributed by atoms with Crippen LogP contribution in [0.1, 0.15) is 0 Å². The van der Waals surface area contributed by atoms with E-state index < -0.39 is 11.8 Å². The Hall–Kier alpha value is -0.380. The third-order valence-corrected chi connectivity index (χ3v) is 1.24. The summed E-state index contributed by atoms with van der Waals surface area (Å²) >= 11 is 2.72. The highest BCUT2D eigenvalue weighted by Crippen LogP contribution is 2.06. The highest BCUT2D eigenvalue weighted by molar-refractivity contribution is 9.08. The maximum atomic E-state index is 12.0. The molecule has 8 heavy (non-hydrogen) atoms. The lowest BCUT2D eigenvalue weighted by Gasteiger charge is -1.81. The molecule has 4 heteroatoms. The van der Waals surface area contributed by atoms with Crippen molar-refractivity contribution in [3.8, 4) is 0 Å². The van der Waals surface area contributed by atoms with Gasteiger partial charge in [0.2, 0.25) is 5.95 Å². The molecule has 0 aliphatic rings. The van der Waals surface area contributed by atoms with Gasteiger partial charge >= 0.3 is 0 Å². The first-order valence-corrected chi connectivity index (χ1v) is 2.60. The maximum absolute atomic E-state index is 12.0. The van der Waals surface area contributed by atoms with E-state index in [2.05, 4.69) is 16.1 Å². The van der Waals surface area contributed by atoms with Crippen LogP contribution in [0.15, 0.2) is 12.3 Å². The molecule has 0 spiro atoms. The predicted octanol–water partition coefficient (Wildman–Crippen LogP) is 1.92. The molecule has 0 fully saturated rings. The standard InChI is InChI=1S/C4H2BrF2N/c5-8-2-3(6)1-4(8)7/h1-2H. The molecular formula is C4H2BrF2N. The second kappa shape index (κ2) is 1.85. The summed E-state index contributed by atoms with van der Waals surface area (Å²) in [6.07, 6.45) is 0.995. The first-order chi connectivity index (χ1) is 3.70. The lowest BCUT2D eigenvalue weighted by atomic mass is 10.6. The van der Waals surface area contributed by atoms with E-state index >= 15 is 0 Å². The van der Waals surface area contributed by atoms with Gasteiger partial charge in [0.15, 0.2) is 0 Å². The number of halogens is 3. The summed E-state index contributed by atoms with van der Waals surface area (Å²) < 4.78 is 24.8. The Labute approximate surface area is 53.3 Å². The molecule has 1 aromatic rings. The van der Waals surface area contributed by atoms with Gasteiger partial charge in [-0.15, -0.1) is 0 Å². The fourth-order valence-electron chi connectivity index (χ4n) is 0.383. The van der Waals surface area contributed by atoms with Crippen LogP contribution in [0.25, 0.3) is 0 Å². The average Bonchev–Trinajstić information content (AvgIpc) is 1.85.